The van der Waals surface area contributed by atoms with Crippen molar-refractivity contribution in [1.82, 2.24) is 14.9 Å². The Morgan fingerprint density at radius 1 is 1.33 bits per heavy atom. The third-order valence-electron chi connectivity index (χ3n) is 6.19. The number of hydrogen-bond acceptors (Lipinski definition) is 5. The number of aromatic hydroxyl groups is 1. The lowest BCUT2D eigenvalue weighted by Gasteiger charge is -2.32. The summed E-state index contributed by atoms with van der Waals surface area (Å²) in [5.74, 6) is -1.12. The van der Waals surface area contributed by atoms with Crippen LogP contribution in [0.25, 0.3) is 10.9 Å². The molecule has 2 unspecified atom stereocenters. The third-order valence-corrected chi connectivity index (χ3v) is 6.51. The van der Waals surface area contributed by atoms with Gasteiger partial charge in [-0.2, -0.15) is 4.39 Å². The molecule has 0 saturated heterocycles. The first kappa shape index (κ1) is 22.9. The number of carbonyl (C=O) groups is 1. The van der Waals surface area contributed by atoms with Crippen LogP contribution in [0.5, 0.6) is 5.75 Å². The van der Waals surface area contributed by atoms with Gasteiger partial charge in [0.15, 0.2) is 0 Å². The maximum atomic E-state index is 13.4. The van der Waals surface area contributed by atoms with Crippen LogP contribution in [-0.2, 0) is 0 Å². The van der Waals surface area contributed by atoms with Crippen LogP contribution in [0.4, 0.5) is 4.39 Å². The normalized spacial score (nSPS) is 18.3. The van der Waals surface area contributed by atoms with Gasteiger partial charge in [0.2, 0.25) is 5.95 Å². The second kappa shape index (κ2) is 9.31. The first-order valence-corrected chi connectivity index (χ1v) is 11.2. The number of hydrogen-bond donors (Lipinski definition) is 3. The van der Waals surface area contributed by atoms with Gasteiger partial charge in [-0.05, 0) is 56.4 Å². The molecular weight excluding hydrogens is 447 g/mol. The summed E-state index contributed by atoms with van der Waals surface area (Å²) in [7, 11) is 0. The number of benzene rings is 1. The van der Waals surface area contributed by atoms with Gasteiger partial charge in [0.05, 0.1) is 21.5 Å². The van der Waals surface area contributed by atoms with Gasteiger partial charge < -0.3 is 20.4 Å². The molecule has 4 rings (SSSR count). The smallest absolute Gasteiger partial charge is 0.264 e. The van der Waals surface area contributed by atoms with Crippen LogP contribution in [0.15, 0.2) is 41.3 Å². The molecule has 1 aliphatic carbocycles. The summed E-state index contributed by atoms with van der Waals surface area (Å²) in [6.07, 6.45) is 4.35. The number of nitrogens with zero attached hydrogens (tertiary/aromatic N) is 2. The molecule has 3 aromatic rings. The van der Waals surface area contributed by atoms with Gasteiger partial charge in [-0.1, -0.05) is 24.1 Å². The molecule has 2 atom stereocenters. The van der Waals surface area contributed by atoms with Crippen LogP contribution in [0, 0.1) is 17.3 Å². The van der Waals surface area contributed by atoms with Gasteiger partial charge in [0.1, 0.15) is 11.3 Å². The average Bonchev–Trinajstić information content (AvgIpc) is 2.78. The average molecular weight is 471 g/mol. The molecule has 0 bridgehead atoms. The summed E-state index contributed by atoms with van der Waals surface area (Å²) in [4.78, 5) is 29.2. The Hall–Kier alpha value is -3.26. The van der Waals surface area contributed by atoms with E-state index >= 15 is 0 Å². The predicted octanol–water partition coefficient (Wildman–Crippen LogP) is 4.44. The minimum absolute atomic E-state index is 0.0272. The lowest BCUT2D eigenvalue weighted by Crippen LogP contribution is -2.36. The van der Waals surface area contributed by atoms with Crippen molar-refractivity contribution in [2.24, 2.45) is 5.92 Å². The zero-order valence-corrected chi connectivity index (χ0v) is 18.8. The zero-order chi connectivity index (χ0) is 23.7. The number of pyridine rings is 2. The summed E-state index contributed by atoms with van der Waals surface area (Å²) >= 11 is 6.36. The Morgan fingerprint density at radius 2 is 2.12 bits per heavy atom. The summed E-state index contributed by atoms with van der Waals surface area (Å²) in [6.45, 7) is 1.88. The van der Waals surface area contributed by atoms with Crippen LogP contribution in [0.2, 0.25) is 5.02 Å². The molecule has 1 amide bonds. The zero-order valence-electron chi connectivity index (χ0n) is 18.1. The van der Waals surface area contributed by atoms with Gasteiger partial charge in [-0.15, -0.1) is 0 Å². The molecule has 7 nitrogen and oxygen atoms in total. The largest absolute Gasteiger partial charge is 0.506 e. The number of rotatable bonds is 5. The maximum Gasteiger partial charge on any atom is 0.264 e. The SMILES string of the molecule is CC(=N)c1c(O)c2c(Cl)cccc2n(C2CCCC(CNC(=O)c3ccc(F)nc3)C2)c1=O. The van der Waals surface area contributed by atoms with Crippen molar-refractivity contribution in [3.8, 4) is 5.75 Å². The highest BCUT2D eigenvalue weighted by Gasteiger charge is 2.28. The molecule has 1 aromatic carbocycles. The van der Waals surface area contributed by atoms with Crippen LogP contribution >= 0.6 is 11.6 Å². The third kappa shape index (κ3) is 4.48. The van der Waals surface area contributed by atoms with Crippen molar-refractivity contribution in [2.75, 3.05) is 6.54 Å². The molecule has 33 heavy (non-hydrogen) atoms. The fraction of sp³-hybridized carbons (Fsp3) is 0.333. The first-order valence-electron chi connectivity index (χ1n) is 10.8. The molecule has 1 aliphatic rings. The standard InChI is InChI=1S/C24H24ClFN4O3/c1-13(27)20-22(31)21-17(25)6-3-7-18(21)30(24(20)33)16-5-2-4-14(10-16)11-29-23(32)15-8-9-19(26)28-12-15/h3,6-9,12,14,16,27,31H,2,4-5,10-11H2,1H3,(H,29,32). The lowest BCUT2D eigenvalue weighted by atomic mass is 9.85. The van der Waals surface area contributed by atoms with E-state index in [2.05, 4.69) is 10.3 Å². The van der Waals surface area contributed by atoms with Crippen molar-refractivity contribution in [3.05, 3.63) is 69.0 Å². The molecule has 1 saturated carbocycles. The Balaban J connectivity index is 1.62. The van der Waals surface area contributed by atoms with Gasteiger partial charge in [-0.25, -0.2) is 4.98 Å². The second-order valence-corrected chi connectivity index (χ2v) is 8.83. The van der Waals surface area contributed by atoms with E-state index in [1.165, 1.54) is 19.2 Å². The summed E-state index contributed by atoms with van der Waals surface area (Å²) in [6, 6.07) is 7.48. The highest BCUT2D eigenvalue weighted by atomic mass is 35.5. The van der Waals surface area contributed by atoms with Gasteiger partial charge >= 0.3 is 0 Å². The number of halogens is 2. The second-order valence-electron chi connectivity index (χ2n) is 8.42. The van der Waals surface area contributed by atoms with Crippen LogP contribution in [0.1, 0.15) is 54.6 Å². The molecule has 0 aliphatic heterocycles. The highest BCUT2D eigenvalue weighted by Crippen LogP contribution is 2.38. The molecule has 2 aromatic heterocycles. The van der Waals surface area contributed by atoms with Crippen molar-refractivity contribution in [2.45, 2.75) is 38.6 Å². The number of aromatic nitrogens is 2. The molecule has 9 heteroatoms. The number of nitrogens with one attached hydrogen (secondary N) is 2. The minimum atomic E-state index is -0.645. The van der Waals surface area contributed by atoms with E-state index < -0.39 is 11.5 Å². The summed E-state index contributed by atoms with van der Waals surface area (Å²) in [5.41, 5.74) is 0.324. The van der Waals surface area contributed by atoms with E-state index in [9.17, 15) is 19.1 Å². The Labute approximate surface area is 194 Å². The van der Waals surface area contributed by atoms with Crippen molar-refractivity contribution in [1.29, 1.82) is 5.41 Å². The summed E-state index contributed by atoms with van der Waals surface area (Å²) in [5, 5.41) is 22.3. The molecule has 2 heterocycles. The summed E-state index contributed by atoms with van der Waals surface area (Å²) < 4.78 is 14.6. The van der Waals surface area contributed by atoms with Gasteiger partial charge in [0, 0.05) is 24.5 Å². The fourth-order valence-corrected chi connectivity index (χ4v) is 4.90. The number of amides is 1. The van der Waals surface area contributed by atoms with Crippen LogP contribution in [-0.4, -0.2) is 32.8 Å². The highest BCUT2D eigenvalue weighted by molar-refractivity contribution is 6.36. The maximum absolute atomic E-state index is 13.4. The minimum Gasteiger partial charge on any atom is -0.506 e. The predicted molar refractivity (Wildman–Crippen MR) is 125 cm³/mol. The number of fused-ring (bicyclic) bond motifs is 1. The van der Waals surface area contributed by atoms with Crippen molar-refractivity contribution < 1.29 is 14.3 Å². The van der Waals surface area contributed by atoms with E-state index in [-0.39, 0.29) is 40.5 Å². The van der Waals surface area contributed by atoms with Gasteiger partial charge in [0.25, 0.3) is 11.5 Å². The van der Waals surface area contributed by atoms with Crippen molar-refractivity contribution >= 4 is 34.1 Å². The van der Waals surface area contributed by atoms with Crippen molar-refractivity contribution in [3.63, 3.8) is 0 Å². The van der Waals surface area contributed by atoms with Crippen LogP contribution in [0.3, 0.4) is 0 Å². The first-order chi connectivity index (χ1) is 15.8. The topological polar surface area (TPSA) is 108 Å². The quantitative estimate of drug-likeness (QED) is 0.378. The van der Waals surface area contributed by atoms with E-state index in [1.54, 1.807) is 22.8 Å². The van der Waals surface area contributed by atoms with E-state index in [0.29, 0.717) is 28.9 Å². The number of carbonyl (C=O) groups excluding carboxylic acids is 1. The van der Waals surface area contributed by atoms with E-state index in [0.717, 1.165) is 25.3 Å². The molecule has 0 radical (unpaired) electrons. The monoisotopic (exact) mass is 470 g/mol. The molecule has 1 fully saturated rings. The fourth-order valence-electron chi connectivity index (χ4n) is 4.64. The van der Waals surface area contributed by atoms with Gasteiger partial charge in [-0.3, -0.25) is 9.59 Å². The molecule has 172 valence electrons. The molecular formula is C24H24ClFN4O3. The lowest BCUT2D eigenvalue weighted by molar-refractivity contribution is 0.0940. The Bertz CT molecular complexity index is 1290. The van der Waals surface area contributed by atoms with E-state index in [4.69, 9.17) is 17.0 Å². The molecule has 3 N–H and O–H groups in total. The van der Waals surface area contributed by atoms with Crippen LogP contribution < -0.4 is 10.9 Å². The Morgan fingerprint density at radius 3 is 2.82 bits per heavy atom. The molecule has 0 spiro atoms. The Kier molecular flexibility index (Phi) is 6.47. The van der Waals surface area contributed by atoms with E-state index in [1.807, 2.05) is 0 Å².